The number of hydrogen-bond donors (Lipinski definition) is 4. The van der Waals surface area contributed by atoms with E-state index < -0.39 is 20.3 Å². The maximum Gasteiger partial charge on any atom is 0.530 e. The Hall–Kier alpha value is -3.58. The zero-order valence-corrected chi connectivity index (χ0v) is 18.6. The van der Waals surface area contributed by atoms with Crippen LogP contribution in [0.4, 0.5) is 27.8 Å². The number of hydrogen-bond acceptors (Lipinski definition) is 12. The first kappa shape index (κ1) is 25.7. The van der Waals surface area contributed by atoms with Crippen molar-refractivity contribution in [2.45, 2.75) is 19.6 Å². The second-order valence-corrected chi connectivity index (χ2v) is 7.49. The molecule has 1 aromatic heterocycles. The molecule has 1 heterocycles. The van der Waals surface area contributed by atoms with Gasteiger partial charge in [-0.1, -0.05) is 12.1 Å². The number of phosphoric ester groups is 1. The minimum absolute atomic E-state index is 0.0207. The summed E-state index contributed by atoms with van der Waals surface area (Å²) in [6.45, 7) is 1.39. The highest BCUT2D eigenvalue weighted by Crippen LogP contribution is 2.48. The normalized spacial score (nSPS) is 13.7. The van der Waals surface area contributed by atoms with Gasteiger partial charge in [0.25, 0.3) is 0 Å². The number of nitrogens with one attached hydrogen (secondary N) is 1. The van der Waals surface area contributed by atoms with Gasteiger partial charge in [0, 0.05) is 13.0 Å². The van der Waals surface area contributed by atoms with Crippen LogP contribution in [0.3, 0.4) is 0 Å². The Bertz CT molecular complexity index is 1070. The molecule has 0 aliphatic carbocycles. The smallest absolute Gasteiger partial charge is 0.438 e. The van der Waals surface area contributed by atoms with Crippen LogP contribution in [-0.2, 0) is 23.4 Å². The van der Waals surface area contributed by atoms with Crippen molar-refractivity contribution in [1.29, 1.82) is 0 Å². The number of pyridine rings is 1. The summed E-state index contributed by atoms with van der Waals surface area (Å²) >= 11 is 0. The average Bonchev–Trinajstić information content (AvgIpc) is 2.73. The Morgan fingerprint density at radius 3 is 2.58 bits per heavy atom. The quantitative estimate of drug-likeness (QED) is 0.167. The maximum atomic E-state index is 12.3. The summed E-state index contributed by atoms with van der Waals surface area (Å²) in [6.07, 6.45) is -2.41. The summed E-state index contributed by atoms with van der Waals surface area (Å²) in [4.78, 5) is 36.6. The molecule has 2 unspecified atom stereocenters. The first-order chi connectivity index (χ1) is 15.6. The van der Waals surface area contributed by atoms with E-state index in [-0.39, 0.29) is 47.6 Å². The van der Waals surface area contributed by atoms with Crippen molar-refractivity contribution < 1.29 is 37.6 Å². The number of benzene rings is 1. The number of rotatable bonds is 10. The second kappa shape index (κ2) is 11.9. The highest BCUT2D eigenvalue weighted by molar-refractivity contribution is 7.47. The third-order valence-corrected chi connectivity index (χ3v) is 4.59. The van der Waals surface area contributed by atoms with Gasteiger partial charge in [-0.25, -0.2) is 18.9 Å². The second-order valence-electron chi connectivity index (χ2n) is 6.16. The highest BCUT2D eigenvalue weighted by Gasteiger charge is 2.29. The van der Waals surface area contributed by atoms with E-state index in [4.69, 9.17) is 20.5 Å². The first-order valence-electron chi connectivity index (χ1n) is 9.36. The average molecular weight is 482 g/mol. The number of azo groups is 1. The van der Waals surface area contributed by atoms with Crippen molar-refractivity contribution in [3.8, 4) is 5.75 Å². The van der Waals surface area contributed by atoms with Gasteiger partial charge < -0.3 is 30.8 Å². The predicted octanol–water partition coefficient (Wildman–Crippen LogP) is 2.99. The first-order valence-corrected chi connectivity index (χ1v) is 10.9. The van der Waals surface area contributed by atoms with Crippen molar-refractivity contribution in [2.75, 3.05) is 24.7 Å². The molecule has 14 nitrogen and oxygen atoms in total. The van der Waals surface area contributed by atoms with Gasteiger partial charge in [-0.15, -0.1) is 10.2 Å². The largest absolute Gasteiger partial charge is 0.530 e. The molecular formula is C18H23N6O8P. The van der Waals surface area contributed by atoms with Gasteiger partial charge in [0.1, 0.15) is 17.2 Å². The molecule has 178 valence electrons. The molecule has 0 spiro atoms. The van der Waals surface area contributed by atoms with E-state index in [0.717, 1.165) is 7.11 Å². The molecule has 2 atom stereocenters. The minimum atomic E-state index is -4.72. The molecule has 2 rings (SSSR count). The lowest BCUT2D eigenvalue weighted by Crippen LogP contribution is -2.18. The monoisotopic (exact) mass is 482 g/mol. The Morgan fingerprint density at radius 1 is 1.21 bits per heavy atom. The molecule has 0 saturated heterocycles. The number of methoxy groups -OCH3 is 1. The molecule has 0 fully saturated rings. The Kier molecular flexibility index (Phi) is 9.24. The molecule has 0 radical (unpaired) electrons. The number of phosphoric acid groups is 1. The number of amides is 1. The van der Waals surface area contributed by atoms with Crippen LogP contribution < -0.4 is 21.3 Å². The molecular weight excluding hydrogens is 459 g/mol. The van der Waals surface area contributed by atoms with Crippen molar-refractivity contribution in [1.82, 2.24) is 4.98 Å². The van der Waals surface area contributed by atoms with Gasteiger partial charge in [-0.3, -0.25) is 9.69 Å². The molecule has 0 saturated carbocycles. The summed E-state index contributed by atoms with van der Waals surface area (Å²) in [5.41, 5.74) is 11.4. The molecule has 1 aromatic carbocycles. The number of nitrogens with zero attached hydrogens (tertiary/aromatic N) is 3. The SMILES string of the molecule is COC(=O)OC(C)OP(=O)(O)Oc1ccccc1/N=N/c1ccc(NC(=O)CCN)nc1N. The van der Waals surface area contributed by atoms with Crippen LogP contribution in [0.2, 0.25) is 0 Å². The summed E-state index contributed by atoms with van der Waals surface area (Å²) in [5, 5.41) is 10.5. The number of para-hydroxylation sites is 1. The molecule has 6 N–H and O–H groups in total. The van der Waals surface area contributed by atoms with Gasteiger partial charge in [-0.05, 0) is 31.2 Å². The number of anilines is 2. The van der Waals surface area contributed by atoms with Crippen molar-refractivity contribution in [3.63, 3.8) is 0 Å². The number of carbonyl (C=O) groups excluding carboxylic acids is 2. The van der Waals surface area contributed by atoms with Gasteiger partial charge in [0.05, 0.1) is 7.11 Å². The van der Waals surface area contributed by atoms with Crippen LogP contribution in [0.1, 0.15) is 13.3 Å². The van der Waals surface area contributed by atoms with Crippen molar-refractivity contribution >= 4 is 42.9 Å². The van der Waals surface area contributed by atoms with Crippen LogP contribution in [0.25, 0.3) is 0 Å². The van der Waals surface area contributed by atoms with E-state index in [2.05, 4.69) is 30.0 Å². The fraction of sp³-hybridized carbons (Fsp3) is 0.278. The lowest BCUT2D eigenvalue weighted by molar-refractivity contribution is -0.116. The number of ether oxygens (including phenoxy) is 2. The topological polar surface area (TPSA) is 210 Å². The van der Waals surface area contributed by atoms with Gasteiger partial charge in [0.2, 0.25) is 12.2 Å². The molecule has 2 aromatic rings. The molecule has 0 aliphatic heterocycles. The Labute approximate surface area is 188 Å². The third kappa shape index (κ3) is 8.46. The molecule has 33 heavy (non-hydrogen) atoms. The number of aromatic nitrogens is 1. The van der Waals surface area contributed by atoms with Crippen LogP contribution >= 0.6 is 7.82 Å². The number of nitrogens with two attached hydrogens (primary N) is 2. The molecule has 15 heteroatoms. The van der Waals surface area contributed by atoms with Gasteiger partial charge in [-0.2, -0.15) is 0 Å². The van der Waals surface area contributed by atoms with Crippen LogP contribution in [-0.4, -0.2) is 41.9 Å². The van der Waals surface area contributed by atoms with E-state index in [1.165, 1.54) is 37.3 Å². The molecule has 0 bridgehead atoms. The highest BCUT2D eigenvalue weighted by atomic mass is 31.2. The zero-order chi connectivity index (χ0) is 24.4. The van der Waals surface area contributed by atoms with E-state index >= 15 is 0 Å². The van der Waals surface area contributed by atoms with Gasteiger partial charge >= 0.3 is 14.0 Å². The summed E-state index contributed by atoms with van der Waals surface area (Å²) in [7, 11) is -3.65. The maximum absolute atomic E-state index is 12.3. The van der Waals surface area contributed by atoms with Crippen molar-refractivity contribution in [3.05, 3.63) is 36.4 Å². The van der Waals surface area contributed by atoms with Crippen molar-refractivity contribution in [2.24, 2.45) is 16.0 Å². The Morgan fingerprint density at radius 2 is 1.91 bits per heavy atom. The lowest BCUT2D eigenvalue weighted by Gasteiger charge is -2.18. The minimum Gasteiger partial charge on any atom is -0.438 e. The van der Waals surface area contributed by atoms with Gasteiger partial charge in [0.15, 0.2) is 11.6 Å². The fourth-order valence-corrected chi connectivity index (χ4v) is 3.09. The van der Waals surface area contributed by atoms with Crippen LogP contribution in [0.5, 0.6) is 5.75 Å². The fourth-order valence-electron chi connectivity index (χ4n) is 2.22. The number of nitrogen functional groups attached to an aromatic ring is 1. The van der Waals surface area contributed by atoms with E-state index in [1.54, 1.807) is 6.07 Å². The van der Waals surface area contributed by atoms with Crippen LogP contribution in [0, 0.1) is 0 Å². The molecule has 0 aliphatic rings. The van der Waals surface area contributed by atoms with E-state index in [0.29, 0.717) is 0 Å². The third-order valence-electron chi connectivity index (χ3n) is 3.60. The molecule has 1 amide bonds. The number of carbonyl (C=O) groups is 2. The summed E-state index contributed by atoms with van der Waals surface area (Å²) < 4.78 is 30.9. The van der Waals surface area contributed by atoms with E-state index in [9.17, 15) is 19.0 Å². The van der Waals surface area contributed by atoms with Crippen LogP contribution in [0.15, 0.2) is 46.6 Å². The standard InChI is InChI=1S/C18H23N6O8P/c1-11(30-18(26)29-2)31-33(27,28)32-14-6-4-3-5-12(14)23-24-13-7-8-15(22-17(13)20)21-16(25)9-10-19/h3-8,11H,9-10,19H2,1-2H3,(H,27,28)(H3,20,21,22,25)/b24-23+. The lowest BCUT2D eigenvalue weighted by atomic mass is 10.3. The predicted molar refractivity (Wildman–Crippen MR) is 116 cm³/mol. The Balaban J connectivity index is 2.13. The summed E-state index contributed by atoms with van der Waals surface area (Å²) in [6, 6.07) is 8.87. The van der Waals surface area contributed by atoms with E-state index in [1.807, 2.05) is 0 Å². The summed E-state index contributed by atoms with van der Waals surface area (Å²) in [5.74, 6) is -0.260. The zero-order valence-electron chi connectivity index (χ0n) is 17.7.